The van der Waals surface area contributed by atoms with Crippen LogP contribution >= 0.6 is 11.8 Å². The number of fused-ring (bicyclic) bond motifs is 6. The van der Waals surface area contributed by atoms with Crippen LogP contribution in [-0.4, -0.2) is 44.6 Å². The summed E-state index contributed by atoms with van der Waals surface area (Å²) in [5, 5.41) is 12.6. The van der Waals surface area contributed by atoms with Crippen molar-refractivity contribution in [3.05, 3.63) is 53.7 Å². The van der Waals surface area contributed by atoms with Gasteiger partial charge in [0.25, 0.3) is 0 Å². The highest BCUT2D eigenvalue weighted by Crippen LogP contribution is 2.48. The van der Waals surface area contributed by atoms with E-state index < -0.39 is 0 Å². The first kappa shape index (κ1) is 15.3. The lowest BCUT2D eigenvalue weighted by atomic mass is 10.1. The molecule has 3 aliphatic heterocycles. The number of hydrazine groups is 1. The summed E-state index contributed by atoms with van der Waals surface area (Å²) in [6.45, 7) is 0.570. The average Bonchev–Trinajstić information content (AvgIpc) is 3.03. The van der Waals surface area contributed by atoms with E-state index in [-0.39, 0.29) is 11.8 Å². The maximum Gasteiger partial charge on any atom is 0.173 e. The number of aliphatic imine (C=N–C) groups is 1. The number of ether oxygens (including phenoxy) is 1. The first-order chi connectivity index (χ1) is 13.2. The lowest BCUT2D eigenvalue weighted by Crippen LogP contribution is -2.51. The summed E-state index contributed by atoms with van der Waals surface area (Å²) in [7, 11) is 1.72. The van der Waals surface area contributed by atoms with E-state index in [0.717, 1.165) is 35.6 Å². The normalized spacial score (nSPS) is 24.1. The van der Waals surface area contributed by atoms with Crippen LogP contribution in [0.15, 0.2) is 47.5 Å². The Bertz CT molecular complexity index is 983. The molecule has 1 unspecified atom stereocenters. The Kier molecular flexibility index (Phi) is 2.91. The molecule has 0 spiro atoms. The minimum absolute atomic E-state index is 0.170. The van der Waals surface area contributed by atoms with Crippen molar-refractivity contribution in [3.8, 4) is 0 Å². The summed E-state index contributed by atoms with van der Waals surface area (Å²) in [5.74, 6) is 0.941. The predicted molar refractivity (Wildman–Crippen MR) is 98.8 cm³/mol. The van der Waals surface area contributed by atoms with Crippen molar-refractivity contribution in [2.24, 2.45) is 4.99 Å². The van der Waals surface area contributed by atoms with Gasteiger partial charge in [-0.3, -0.25) is 4.42 Å². The van der Waals surface area contributed by atoms with Gasteiger partial charge < -0.3 is 9.64 Å². The number of aromatic nitrogens is 3. The molecule has 1 aliphatic carbocycles. The zero-order valence-electron chi connectivity index (χ0n) is 14.6. The first-order valence-corrected chi connectivity index (χ1v) is 9.15. The number of anilines is 1. The predicted octanol–water partition coefficient (Wildman–Crippen LogP) is 1.86. The van der Waals surface area contributed by atoms with Gasteiger partial charge in [-0.05, 0) is 24.1 Å². The molecule has 1 aromatic heterocycles. The summed E-state index contributed by atoms with van der Waals surface area (Å²) in [6.07, 6.45) is 7.35. The molecule has 2 aromatic rings. The Labute approximate surface area is 160 Å². The lowest BCUT2D eigenvalue weighted by molar-refractivity contribution is 0.0750. The van der Waals surface area contributed by atoms with Crippen LogP contribution in [0.25, 0.3) is 0 Å². The topological polar surface area (TPSA) is 65.3 Å². The highest BCUT2D eigenvalue weighted by Gasteiger charge is 2.48. The quantitative estimate of drug-likeness (QED) is 0.748. The number of benzene rings is 1. The molecule has 10 heteroatoms. The van der Waals surface area contributed by atoms with E-state index in [1.54, 1.807) is 22.7 Å². The largest absolute Gasteiger partial charge is 0.372 e. The van der Waals surface area contributed by atoms with Gasteiger partial charge in [-0.25, -0.2) is 10.0 Å². The van der Waals surface area contributed by atoms with E-state index in [0.29, 0.717) is 6.67 Å². The van der Waals surface area contributed by atoms with Crippen molar-refractivity contribution in [2.45, 2.75) is 24.6 Å². The number of hydrogen-bond donors (Lipinski definition) is 0. The molecule has 1 fully saturated rings. The molecule has 1 aromatic carbocycles. The number of rotatable bonds is 3. The van der Waals surface area contributed by atoms with Crippen molar-refractivity contribution < 1.29 is 4.74 Å². The zero-order chi connectivity index (χ0) is 18.2. The van der Waals surface area contributed by atoms with Gasteiger partial charge in [0.1, 0.15) is 24.3 Å². The molecule has 4 heterocycles. The van der Waals surface area contributed by atoms with E-state index in [9.17, 15) is 0 Å². The molecule has 4 aliphatic rings. The smallest absolute Gasteiger partial charge is 0.173 e. The molecule has 6 rings (SSSR count). The number of para-hydroxylation sites is 1. The Hall–Kier alpha value is -2.78. The molecular weight excluding hydrogens is 368 g/mol. The number of methoxy groups -OCH3 is 1. The van der Waals surface area contributed by atoms with Crippen molar-refractivity contribution in [1.29, 1.82) is 0 Å². The Morgan fingerprint density at radius 1 is 1.26 bits per heavy atom. The minimum atomic E-state index is -0.283. The number of hydrogen-bond acceptors (Lipinski definition) is 8. The van der Waals surface area contributed by atoms with Gasteiger partial charge in [0.15, 0.2) is 12.0 Å². The van der Waals surface area contributed by atoms with Crippen molar-refractivity contribution in [1.82, 2.24) is 24.5 Å². The van der Waals surface area contributed by atoms with Gasteiger partial charge in [-0.2, -0.15) is 5.12 Å². The molecule has 27 heavy (non-hydrogen) atoms. The molecule has 0 bridgehead atoms. The summed E-state index contributed by atoms with van der Waals surface area (Å²) in [5.41, 5.74) is 2.80. The molecule has 1 atom stereocenters. The molecule has 0 saturated heterocycles. The minimum Gasteiger partial charge on any atom is -0.372 e. The van der Waals surface area contributed by atoms with Crippen LogP contribution < -0.4 is 10.0 Å². The van der Waals surface area contributed by atoms with Gasteiger partial charge in [0.2, 0.25) is 0 Å². The fourth-order valence-corrected chi connectivity index (χ4v) is 4.16. The van der Waals surface area contributed by atoms with Crippen molar-refractivity contribution >= 4 is 23.8 Å². The average molecular weight is 385 g/mol. The van der Waals surface area contributed by atoms with Crippen molar-refractivity contribution in [3.63, 3.8) is 0 Å². The molecule has 0 amide bonds. The highest BCUT2D eigenvalue weighted by molar-refractivity contribution is 6.14. The maximum atomic E-state index is 6.31. The van der Waals surface area contributed by atoms with Gasteiger partial charge >= 0.3 is 0 Å². The van der Waals surface area contributed by atoms with Crippen LogP contribution in [-0.2, 0) is 10.3 Å². The highest BCUT2D eigenvalue weighted by atomic mass is 35.5. The van der Waals surface area contributed by atoms with Crippen LogP contribution in [0.5, 0.6) is 0 Å². The Balaban J connectivity index is 1.42. The van der Waals surface area contributed by atoms with Crippen molar-refractivity contribution in [2.75, 3.05) is 23.8 Å². The summed E-state index contributed by atoms with van der Waals surface area (Å²) < 4.78 is 7.26. The Morgan fingerprint density at radius 2 is 2.11 bits per heavy atom. The van der Waals surface area contributed by atoms with E-state index in [1.807, 2.05) is 29.6 Å². The third-order valence-electron chi connectivity index (χ3n) is 5.57. The second-order valence-corrected chi connectivity index (χ2v) is 7.48. The standard InChI is InChI=1S/C17H17ClN8O/c1-27-17(6-7-17)14-8-24(21-20-14)25-10-19-16-12-4-2-3-5-13(12)23-11-22(18)9-15(23)26(16)25/h2-5,8-10,16H,6-7,11H2,1H3. The molecule has 1 saturated carbocycles. The van der Waals surface area contributed by atoms with E-state index in [4.69, 9.17) is 21.5 Å². The van der Waals surface area contributed by atoms with Gasteiger partial charge in [-0.15, -0.1) is 9.89 Å². The van der Waals surface area contributed by atoms with E-state index in [2.05, 4.69) is 32.4 Å². The monoisotopic (exact) mass is 384 g/mol. The van der Waals surface area contributed by atoms with Gasteiger partial charge in [0, 0.05) is 24.4 Å². The molecule has 138 valence electrons. The van der Waals surface area contributed by atoms with Crippen LogP contribution in [0.1, 0.15) is 30.3 Å². The van der Waals surface area contributed by atoms with Crippen LogP contribution in [0, 0.1) is 0 Å². The molecule has 0 radical (unpaired) electrons. The van der Waals surface area contributed by atoms with Gasteiger partial charge in [-0.1, -0.05) is 18.2 Å². The number of halogens is 1. The molecular formula is C17H17ClN8O. The zero-order valence-corrected chi connectivity index (χ0v) is 15.4. The number of nitrogens with zero attached hydrogens (tertiary/aromatic N) is 8. The second-order valence-electron chi connectivity index (χ2n) is 7.04. The van der Waals surface area contributed by atoms with Gasteiger partial charge in [0.05, 0.1) is 18.1 Å². The molecule has 9 nitrogen and oxygen atoms in total. The first-order valence-electron chi connectivity index (χ1n) is 8.81. The Morgan fingerprint density at radius 3 is 2.93 bits per heavy atom. The fraction of sp³-hybridized carbons (Fsp3) is 0.353. The van der Waals surface area contributed by atoms with Crippen LogP contribution in [0.4, 0.5) is 5.69 Å². The summed E-state index contributed by atoms with van der Waals surface area (Å²) >= 11 is 6.31. The molecule has 0 N–H and O–H groups in total. The van der Waals surface area contributed by atoms with Crippen LogP contribution in [0.3, 0.4) is 0 Å². The van der Waals surface area contributed by atoms with E-state index in [1.165, 1.54) is 0 Å². The van der Waals surface area contributed by atoms with Crippen LogP contribution in [0.2, 0.25) is 0 Å². The third kappa shape index (κ3) is 2.00. The second kappa shape index (κ2) is 5.14. The third-order valence-corrected chi connectivity index (χ3v) is 5.77. The van der Waals surface area contributed by atoms with E-state index >= 15 is 0 Å². The SMILES string of the molecule is COC1(c2cn(N3C=NC4c5ccccc5N5CN(Cl)C=C5N43)nn2)CC1. The lowest BCUT2D eigenvalue weighted by Gasteiger charge is -2.41. The maximum absolute atomic E-state index is 6.31. The fourth-order valence-electron chi connectivity index (χ4n) is 3.97. The summed E-state index contributed by atoms with van der Waals surface area (Å²) in [6, 6.07) is 8.25. The summed E-state index contributed by atoms with van der Waals surface area (Å²) in [4.78, 5) is 8.59.